The summed E-state index contributed by atoms with van der Waals surface area (Å²) < 4.78 is 0.662. The number of carboxylic acids is 1. The molecule has 0 aromatic heterocycles. The molecule has 0 aliphatic carbocycles. The Balaban J connectivity index is 2.31. The average molecular weight is 351 g/mol. The monoisotopic (exact) mass is 350 g/mol. The lowest BCUT2D eigenvalue weighted by atomic mass is 10.1. The molecule has 21 heavy (non-hydrogen) atoms. The number of halogens is 1. The summed E-state index contributed by atoms with van der Waals surface area (Å²) in [4.78, 5) is 23.2. The summed E-state index contributed by atoms with van der Waals surface area (Å²) in [6.45, 7) is 0. The Kier molecular flexibility index (Phi) is 4.13. The second kappa shape index (κ2) is 5.84. The number of carbonyl (C=O) groups excluding carboxylic acids is 1. The van der Waals surface area contributed by atoms with Gasteiger partial charge in [-0.3, -0.25) is 4.79 Å². The van der Waals surface area contributed by atoms with Crippen LogP contribution in [-0.2, 0) is 0 Å². The van der Waals surface area contributed by atoms with E-state index in [9.17, 15) is 14.7 Å². The molecule has 0 atom stereocenters. The van der Waals surface area contributed by atoms with Gasteiger partial charge in [-0.05, 0) is 52.3 Å². The lowest BCUT2D eigenvalue weighted by molar-refractivity contribution is 0.0697. The Morgan fingerprint density at radius 2 is 1.86 bits per heavy atom. The van der Waals surface area contributed by atoms with Gasteiger partial charge in [-0.2, -0.15) is 0 Å². The Morgan fingerprint density at radius 3 is 2.48 bits per heavy atom. The highest BCUT2D eigenvalue weighted by Gasteiger charge is 2.15. The summed E-state index contributed by atoms with van der Waals surface area (Å²) in [5, 5.41) is 20.9. The average Bonchev–Trinajstić information content (AvgIpc) is 2.43. The van der Waals surface area contributed by atoms with E-state index in [-0.39, 0.29) is 17.0 Å². The maximum Gasteiger partial charge on any atom is 0.337 e. The number of phenolic OH excluding ortho intramolecular Hbond substituents is 1. The molecule has 7 heteroatoms. The van der Waals surface area contributed by atoms with Crippen molar-refractivity contribution in [1.29, 1.82) is 0 Å². The predicted octanol–water partition coefficient (Wildman–Crippen LogP) is 2.69. The maximum atomic E-state index is 12.1. The van der Waals surface area contributed by atoms with Crippen molar-refractivity contribution in [3.05, 3.63) is 52.0 Å². The number of nitrogen functional groups attached to an aromatic ring is 1. The zero-order valence-corrected chi connectivity index (χ0v) is 12.2. The van der Waals surface area contributed by atoms with Crippen molar-refractivity contribution < 1.29 is 19.8 Å². The Morgan fingerprint density at radius 1 is 1.14 bits per heavy atom. The fourth-order valence-electron chi connectivity index (χ4n) is 1.70. The highest BCUT2D eigenvalue weighted by molar-refractivity contribution is 9.10. The topological polar surface area (TPSA) is 113 Å². The van der Waals surface area contributed by atoms with Crippen molar-refractivity contribution in [2.24, 2.45) is 0 Å². The first kappa shape index (κ1) is 14.9. The first-order valence-electron chi connectivity index (χ1n) is 5.81. The van der Waals surface area contributed by atoms with Crippen molar-refractivity contribution >= 4 is 39.2 Å². The van der Waals surface area contributed by atoms with Gasteiger partial charge in [-0.25, -0.2) is 4.79 Å². The molecule has 0 aliphatic rings. The number of aromatic carboxylic acids is 1. The Labute approximate surface area is 128 Å². The number of aromatic hydroxyl groups is 1. The molecule has 108 valence electrons. The van der Waals surface area contributed by atoms with Crippen molar-refractivity contribution in [2.75, 3.05) is 11.1 Å². The third-order valence-electron chi connectivity index (χ3n) is 2.74. The van der Waals surface area contributed by atoms with Gasteiger partial charge in [0.25, 0.3) is 5.91 Å². The van der Waals surface area contributed by atoms with Crippen LogP contribution in [-0.4, -0.2) is 22.1 Å². The minimum absolute atomic E-state index is 0.0896. The van der Waals surface area contributed by atoms with Gasteiger partial charge in [-0.1, -0.05) is 0 Å². The minimum Gasteiger partial charge on any atom is -0.508 e. The predicted molar refractivity (Wildman–Crippen MR) is 81.6 cm³/mol. The quantitative estimate of drug-likeness (QED) is 0.502. The minimum atomic E-state index is -1.25. The zero-order chi connectivity index (χ0) is 15.6. The van der Waals surface area contributed by atoms with Crippen molar-refractivity contribution in [3.8, 4) is 5.75 Å². The van der Waals surface area contributed by atoms with Crippen LogP contribution >= 0.6 is 15.9 Å². The second-order valence-electron chi connectivity index (χ2n) is 4.23. The largest absolute Gasteiger partial charge is 0.508 e. The third-order valence-corrected chi connectivity index (χ3v) is 3.46. The van der Waals surface area contributed by atoms with Crippen LogP contribution in [0.1, 0.15) is 20.7 Å². The molecular formula is C14H11BrN2O4. The molecule has 5 N–H and O–H groups in total. The van der Waals surface area contributed by atoms with Crippen LogP contribution in [0.15, 0.2) is 40.9 Å². The Bertz CT molecular complexity index is 731. The van der Waals surface area contributed by atoms with Crippen LogP contribution in [0, 0.1) is 0 Å². The normalized spacial score (nSPS) is 10.1. The molecule has 2 aromatic carbocycles. The molecule has 0 radical (unpaired) electrons. The van der Waals surface area contributed by atoms with E-state index in [4.69, 9.17) is 10.8 Å². The number of carbonyl (C=O) groups is 2. The van der Waals surface area contributed by atoms with Crippen LogP contribution in [0.4, 0.5) is 11.4 Å². The van der Waals surface area contributed by atoms with Gasteiger partial charge in [-0.15, -0.1) is 0 Å². The van der Waals surface area contributed by atoms with Crippen LogP contribution in [0.5, 0.6) is 5.75 Å². The van der Waals surface area contributed by atoms with Gasteiger partial charge >= 0.3 is 5.97 Å². The number of rotatable bonds is 3. The van der Waals surface area contributed by atoms with E-state index in [0.717, 1.165) is 6.07 Å². The number of carboxylic acid groups (broad SMARTS) is 1. The molecule has 0 saturated heterocycles. The van der Waals surface area contributed by atoms with Gasteiger partial charge in [0.2, 0.25) is 0 Å². The summed E-state index contributed by atoms with van der Waals surface area (Å²) in [5.74, 6) is -1.95. The molecule has 0 heterocycles. The fourth-order valence-corrected chi connectivity index (χ4v) is 1.94. The highest BCUT2D eigenvalue weighted by atomic mass is 79.9. The molecule has 0 fully saturated rings. The molecular weight excluding hydrogens is 340 g/mol. The molecule has 2 aromatic rings. The van der Waals surface area contributed by atoms with Gasteiger partial charge in [0, 0.05) is 15.7 Å². The maximum absolute atomic E-state index is 12.1. The molecule has 2 rings (SSSR count). The first-order valence-corrected chi connectivity index (χ1v) is 6.60. The zero-order valence-electron chi connectivity index (χ0n) is 10.6. The van der Waals surface area contributed by atoms with E-state index in [1.54, 1.807) is 12.1 Å². The first-order chi connectivity index (χ1) is 9.88. The van der Waals surface area contributed by atoms with Gasteiger partial charge in [0.15, 0.2) is 0 Å². The number of hydrogen-bond acceptors (Lipinski definition) is 4. The summed E-state index contributed by atoms with van der Waals surface area (Å²) in [6.07, 6.45) is 0. The molecule has 0 aliphatic heterocycles. The molecule has 0 spiro atoms. The van der Waals surface area contributed by atoms with Crippen LogP contribution in [0.3, 0.4) is 0 Å². The van der Waals surface area contributed by atoms with Gasteiger partial charge in [0.05, 0.1) is 11.3 Å². The summed E-state index contributed by atoms with van der Waals surface area (Å²) in [5.41, 5.74) is 6.27. The van der Waals surface area contributed by atoms with Crippen LogP contribution in [0.2, 0.25) is 0 Å². The van der Waals surface area contributed by atoms with E-state index in [1.807, 2.05) is 0 Å². The van der Waals surface area contributed by atoms with E-state index < -0.39 is 11.9 Å². The smallest absolute Gasteiger partial charge is 0.337 e. The number of amides is 1. The number of hydrogen-bond donors (Lipinski definition) is 4. The summed E-state index contributed by atoms with van der Waals surface area (Å²) >= 11 is 3.22. The third kappa shape index (κ3) is 3.32. The molecule has 0 bridgehead atoms. The molecule has 0 saturated carbocycles. The van der Waals surface area contributed by atoms with E-state index in [2.05, 4.69) is 21.2 Å². The van der Waals surface area contributed by atoms with E-state index in [0.29, 0.717) is 15.7 Å². The molecule has 1 amide bonds. The summed E-state index contributed by atoms with van der Waals surface area (Å²) in [6, 6.07) is 8.32. The Hall–Kier alpha value is -2.54. The SMILES string of the molecule is Nc1cc(C(=O)Nc2ccc(O)cc2C(=O)O)ccc1Br. The highest BCUT2D eigenvalue weighted by Crippen LogP contribution is 2.24. The van der Waals surface area contributed by atoms with Crippen LogP contribution < -0.4 is 11.1 Å². The lowest BCUT2D eigenvalue weighted by Gasteiger charge is -2.09. The standard InChI is InChI=1S/C14H11BrN2O4/c15-10-3-1-7(5-11(10)16)13(19)17-12-4-2-8(18)6-9(12)14(20)21/h1-6,18H,16H2,(H,17,19)(H,20,21). The summed E-state index contributed by atoms with van der Waals surface area (Å²) in [7, 11) is 0. The van der Waals surface area contributed by atoms with E-state index in [1.165, 1.54) is 18.2 Å². The van der Waals surface area contributed by atoms with Crippen molar-refractivity contribution in [2.45, 2.75) is 0 Å². The molecule has 6 nitrogen and oxygen atoms in total. The second-order valence-corrected chi connectivity index (χ2v) is 5.08. The number of nitrogens with one attached hydrogen (secondary N) is 1. The van der Waals surface area contributed by atoms with Crippen LogP contribution in [0.25, 0.3) is 0 Å². The molecule has 0 unspecified atom stereocenters. The van der Waals surface area contributed by atoms with Gasteiger partial charge < -0.3 is 21.3 Å². The van der Waals surface area contributed by atoms with Crippen molar-refractivity contribution in [1.82, 2.24) is 0 Å². The lowest BCUT2D eigenvalue weighted by Crippen LogP contribution is -2.15. The number of benzene rings is 2. The number of anilines is 2. The van der Waals surface area contributed by atoms with Crippen molar-refractivity contribution in [3.63, 3.8) is 0 Å². The van der Waals surface area contributed by atoms with E-state index >= 15 is 0 Å². The number of phenols is 1. The number of nitrogens with two attached hydrogens (primary N) is 1. The van der Waals surface area contributed by atoms with Gasteiger partial charge in [0.1, 0.15) is 5.75 Å². The fraction of sp³-hybridized carbons (Fsp3) is 0.